The van der Waals surface area contributed by atoms with Gasteiger partial charge < -0.3 is 5.11 Å². The maximum atomic E-state index is 14.1. The van der Waals surface area contributed by atoms with Gasteiger partial charge in [-0.3, -0.25) is 0 Å². The zero-order valence-electron chi connectivity index (χ0n) is 13.7. The van der Waals surface area contributed by atoms with Crippen LogP contribution in [0.4, 0.5) is 13.2 Å². The smallest absolute Gasteiger partial charge is 0.168 e. The molecule has 3 rings (SSSR count). The van der Waals surface area contributed by atoms with Gasteiger partial charge in [0.1, 0.15) is 11.6 Å². The summed E-state index contributed by atoms with van der Waals surface area (Å²) in [6.45, 7) is 1.75. The average molecular weight is 342 g/mol. The second kappa shape index (κ2) is 7.01. The van der Waals surface area contributed by atoms with Gasteiger partial charge in [0.2, 0.25) is 0 Å². The van der Waals surface area contributed by atoms with Crippen LogP contribution in [0.15, 0.2) is 54.6 Å². The number of hydrogen-bond acceptors (Lipinski definition) is 1. The van der Waals surface area contributed by atoms with E-state index >= 15 is 0 Å². The SMILES string of the molecule is Cc1ccc(O)c(F)c1CCc1cc(-c2cccc(F)c2)ccc1F. The molecule has 0 atom stereocenters. The first-order valence-electron chi connectivity index (χ1n) is 7.97. The fraction of sp³-hybridized carbons (Fsp3) is 0.143. The van der Waals surface area contributed by atoms with Gasteiger partial charge in [-0.25, -0.2) is 13.2 Å². The van der Waals surface area contributed by atoms with Crippen molar-refractivity contribution >= 4 is 0 Å². The number of halogens is 3. The topological polar surface area (TPSA) is 20.2 Å². The molecule has 0 saturated carbocycles. The number of aryl methyl sites for hydroxylation is 2. The van der Waals surface area contributed by atoms with Gasteiger partial charge in [-0.1, -0.05) is 24.3 Å². The lowest BCUT2D eigenvalue weighted by Crippen LogP contribution is -2.00. The van der Waals surface area contributed by atoms with E-state index in [4.69, 9.17) is 0 Å². The summed E-state index contributed by atoms with van der Waals surface area (Å²) in [5.74, 6) is -1.82. The summed E-state index contributed by atoms with van der Waals surface area (Å²) in [5.41, 5.74) is 2.85. The third kappa shape index (κ3) is 3.68. The normalized spacial score (nSPS) is 10.9. The number of benzene rings is 3. The summed E-state index contributed by atoms with van der Waals surface area (Å²) in [6, 6.07) is 13.6. The predicted octanol–water partition coefficient (Wildman–Crippen LogP) is 5.57. The van der Waals surface area contributed by atoms with Crippen molar-refractivity contribution in [3.63, 3.8) is 0 Å². The third-order valence-electron chi connectivity index (χ3n) is 4.31. The highest BCUT2D eigenvalue weighted by Gasteiger charge is 2.12. The molecule has 128 valence electrons. The van der Waals surface area contributed by atoms with Crippen LogP contribution in [-0.2, 0) is 12.8 Å². The average Bonchev–Trinajstić information content (AvgIpc) is 2.60. The fourth-order valence-corrected chi connectivity index (χ4v) is 2.89. The fourth-order valence-electron chi connectivity index (χ4n) is 2.89. The van der Waals surface area contributed by atoms with Crippen molar-refractivity contribution in [3.05, 3.63) is 88.7 Å². The molecule has 3 aromatic rings. The zero-order valence-corrected chi connectivity index (χ0v) is 13.7. The van der Waals surface area contributed by atoms with E-state index in [1.54, 1.807) is 37.3 Å². The minimum Gasteiger partial charge on any atom is -0.505 e. The molecule has 1 N–H and O–H groups in total. The minimum absolute atomic E-state index is 0.260. The summed E-state index contributed by atoms with van der Waals surface area (Å²) in [4.78, 5) is 0. The van der Waals surface area contributed by atoms with Crippen LogP contribution < -0.4 is 0 Å². The Labute approximate surface area is 144 Å². The maximum Gasteiger partial charge on any atom is 0.168 e. The van der Waals surface area contributed by atoms with E-state index in [1.807, 2.05) is 0 Å². The minimum atomic E-state index is -0.665. The first kappa shape index (κ1) is 17.1. The van der Waals surface area contributed by atoms with Gasteiger partial charge in [0.15, 0.2) is 11.6 Å². The Morgan fingerprint density at radius 2 is 1.60 bits per heavy atom. The van der Waals surface area contributed by atoms with E-state index < -0.39 is 17.4 Å². The third-order valence-corrected chi connectivity index (χ3v) is 4.31. The molecule has 0 amide bonds. The highest BCUT2D eigenvalue weighted by atomic mass is 19.1. The quantitative estimate of drug-likeness (QED) is 0.657. The Kier molecular flexibility index (Phi) is 4.79. The Hall–Kier alpha value is -2.75. The first-order chi connectivity index (χ1) is 12.0. The molecule has 0 unspecified atom stereocenters. The van der Waals surface area contributed by atoms with E-state index in [9.17, 15) is 18.3 Å². The van der Waals surface area contributed by atoms with Gasteiger partial charge in [0.05, 0.1) is 0 Å². The van der Waals surface area contributed by atoms with Crippen molar-refractivity contribution in [3.8, 4) is 16.9 Å². The lowest BCUT2D eigenvalue weighted by molar-refractivity contribution is 0.428. The zero-order chi connectivity index (χ0) is 18.0. The van der Waals surface area contributed by atoms with Crippen LogP contribution in [0, 0.1) is 24.4 Å². The molecule has 0 fully saturated rings. The van der Waals surface area contributed by atoms with Crippen molar-refractivity contribution in [2.45, 2.75) is 19.8 Å². The van der Waals surface area contributed by atoms with E-state index in [0.717, 1.165) is 0 Å². The summed E-state index contributed by atoms with van der Waals surface area (Å²) in [5, 5.41) is 9.51. The van der Waals surface area contributed by atoms with Crippen LogP contribution in [0.2, 0.25) is 0 Å². The van der Waals surface area contributed by atoms with Crippen molar-refractivity contribution in [1.29, 1.82) is 0 Å². The van der Waals surface area contributed by atoms with E-state index in [0.29, 0.717) is 27.8 Å². The lowest BCUT2D eigenvalue weighted by atomic mass is 9.96. The second-order valence-corrected chi connectivity index (χ2v) is 6.01. The molecular weight excluding hydrogens is 325 g/mol. The molecule has 0 aliphatic heterocycles. The number of hydrogen-bond donors (Lipinski definition) is 1. The van der Waals surface area contributed by atoms with Gasteiger partial charge >= 0.3 is 0 Å². The molecule has 25 heavy (non-hydrogen) atoms. The predicted molar refractivity (Wildman–Crippen MR) is 92.0 cm³/mol. The molecule has 0 heterocycles. The molecule has 3 aromatic carbocycles. The highest BCUT2D eigenvalue weighted by molar-refractivity contribution is 5.64. The summed E-state index contributed by atoms with van der Waals surface area (Å²) in [7, 11) is 0. The molecule has 0 aliphatic rings. The summed E-state index contributed by atoms with van der Waals surface area (Å²) < 4.78 is 41.6. The van der Waals surface area contributed by atoms with E-state index in [1.165, 1.54) is 24.3 Å². The van der Waals surface area contributed by atoms with Crippen LogP contribution in [0.5, 0.6) is 5.75 Å². The Balaban J connectivity index is 1.89. The highest BCUT2D eigenvalue weighted by Crippen LogP contribution is 2.26. The first-order valence-corrected chi connectivity index (χ1v) is 7.97. The Morgan fingerprint density at radius 1 is 0.840 bits per heavy atom. The van der Waals surface area contributed by atoms with Crippen molar-refractivity contribution < 1.29 is 18.3 Å². The molecular formula is C21H17F3O. The molecule has 4 heteroatoms. The van der Waals surface area contributed by atoms with Gasteiger partial charge in [-0.15, -0.1) is 0 Å². The number of phenolic OH excluding ortho intramolecular Hbond substituents is 1. The van der Waals surface area contributed by atoms with Crippen molar-refractivity contribution in [2.75, 3.05) is 0 Å². The summed E-state index contributed by atoms with van der Waals surface area (Å²) >= 11 is 0. The monoisotopic (exact) mass is 342 g/mol. The van der Waals surface area contributed by atoms with Crippen LogP contribution in [-0.4, -0.2) is 5.11 Å². The lowest BCUT2D eigenvalue weighted by Gasteiger charge is -2.11. The molecule has 0 aliphatic carbocycles. The number of rotatable bonds is 4. The van der Waals surface area contributed by atoms with E-state index in [2.05, 4.69) is 0 Å². The standard InChI is InChI=1S/C21H17F3O/c1-13-5-10-20(25)21(24)18(13)8-6-16-11-15(7-9-19(16)23)14-3-2-4-17(22)12-14/h2-5,7,9-12,25H,6,8H2,1H3. The van der Waals surface area contributed by atoms with Crippen LogP contribution in [0.1, 0.15) is 16.7 Å². The van der Waals surface area contributed by atoms with Crippen LogP contribution in [0.25, 0.3) is 11.1 Å². The van der Waals surface area contributed by atoms with Crippen molar-refractivity contribution in [2.24, 2.45) is 0 Å². The number of aromatic hydroxyl groups is 1. The molecule has 1 nitrogen and oxygen atoms in total. The molecule has 0 aromatic heterocycles. The van der Waals surface area contributed by atoms with Crippen LogP contribution in [0.3, 0.4) is 0 Å². The molecule has 0 spiro atoms. The Morgan fingerprint density at radius 3 is 2.36 bits per heavy atom. The van der Waals surface area contributed by atoms with Gasteiger partial charge in [-0.2, -0.15) is 0 Å². The van der Waals surface area contributed by atoms with E-state index in [-0.39, 0.29) is 18.7 Å². The van der Waals surface area contributed by atoms with Crippen LogP contribution >= 0.6 is 0 Å². The number of phenols is 1. The van der Waals surface area contributed by atoms with Gasteiger partial charge in [0.25, 0.3) is 0 Å². The molecule has 0 saturated heterocycles. The molecule has 0 bridgehead atoms. The van der Waals surface area contributed by atoms with Gasteiger partial charge in [-0.05, 0) is 77.9 Å². The molecule has 0 radical (unpaired) electrons. The Bertz CT molecular complexity index is 919. The van der Waals surface area contributed by atoms with Gasteiger partial charge in [0, 0.05) is 0 Å². The maximum absolute atomic E-state index is 14.1. The van der Waals surface area contributed by atoms with Crippen molar-refractivity contribution in [1.82, 2.24) is 0 Å². The largest absolute Gasteiger partial charge is 0.505 e. The summed E-state index contributed by atoms with van der Waals surface area (Å²) in [6.07, 6.45) is 0.534. The second-order valence-electron chi connectivity index (χ2n) is 6.01.